The molecule has 1 amide bonds. The lowest BCUT2D eigenvalue weighted by molar-refractivity contribution is -0.140. The second-order valence-corrected chi connectivity index (χ2v) is 5.84. The minimum absolute atomic E-state index is 0. The van der Waals surface area contributed by atoms with Crippen molar-refractivity contribution in [3.8, 4) is 0 Å². The van der Waals surface area contributed by atoms with E-state index in [2.05, 4.69) is 5.32 Å². The van der Waals surface area contributed by atoms with Crippen molar-refractivity contribution in [2.75, 3.05) is 13.1 Å². The quantitative estimate of drug-likeness (QED) is 0.787. The van der Waals surface area contributed by atoms with Crippen molar-refractivity contribution < 1.29 is 22.4 Å². The van der Waals surface area contributed by atoms with Crippen LogP contribution < -0.4 is 5.32 Å². The molecule has 1 aromatic rings. The second kappa shape index (κ2) is 6.65. The molecule has 2 aliphatic heterocycles. The summed E-state index contributed by atoms with van der Waals surface area (Å²) in [6.45, 7) is 0.841. The Hall–Kier alpha value is -1.34. The molecule has 2 fully saturated rings. The minimum atomic E-state index is -4.81. The molecule has 2 saturated heterocycles. The molecule has 1 aromatic carbocycles. The molecule has 0 aliphatic carbocycles. The molecule has 0 aromatic heterocycles. The molecule has 2 bridgehead atoms. The first-order valence-electron chi connectivity index (χ1n) is 7.27. The summed E-state index contributed by atoms with van der Waals surface area (Å²) in [6.07, 6.45) is -2.09. The van der Waals surface area contributed by atoms with Gasteiger partial charge in [-0.25, -0.2) is 4.39 Å². The van der Waals surface area contributed by atoms with Gasteiger partial charge in [-0.05, 0) is 31.4 Å². The van der Waals surface area contributed by atoms with Gasteiger partial charge in [-0.3, -0.25) is 4.79 Å². The van der Waals surface area contributed by atoms with Crippen LogP contribution in [0.4, 0.5) is 17.6 Å². The summed E-state index contributed by atoms with van der Waals surface area (Å²) in [4.78, 5) is 13.9. The van der Waals surface area contributed by atoms with Gasteiger partial charge >= 0.3 is 6.18 Å². The average molecular weight is 353 g/mol. The van der Waals surface area contributed by atoms with Crippen LogP contribution in [0, 0.1) is 5.82 Å². The first kappa shape index (κ1) is 18.0. The molecule has 2 atom stereocenters. The van der Waals surface area contributed by atoms with E-state index in [1.165, 1.54) is 4.90 Å². The first-order valence-corrected chi connectivity index (χ1v) is 7.27. The molecule has 0 radical (unpaired) electrons. The predicted octanol–water partition coefficient (Wildman–Crippen LogP) is 3.23. The molecule has 128 valence electrons. The van der Waals surface area contributed by atoms with Crippen molar-refractivity contribution in [2.45, 2.75) is 37.5 Å². The van der Waals surface area contributed by atoms with Gasteiger partial charge in [0, 0.05) is 25.2 Å². The third kappa shape index (κ3) is 3.61. The Labute approximate surface area is 137 Å². The van der Waals surface area contributed by atoms with Crippen molar-refractivity contribution in [1.82, 2.24) is 10.2 Å². The Balaban J connectivity index is 0.00000192. The van der Waals surface area contributed by atoms with E-state index in [4.69, 9.17) is 0 Å². The van der Waals surface area contributed by atoms with E-state index in [0.29, 0.717) is 25.2 Å². The largest absolute Gasteiger partial charge is 0.419 e. The summed E-state index contributed by atoms with van der Waals surface area (Å²) in [7, 11) is 0. The molecule has 1 N–H and O–H groups in total. The normalized spacial score (nSPS) is 24.1. The number of alkyl halides is 3. The van der Waals surface area contributed by atoms with Crippen molar-refractivity contribution in [3.05, 3.63) is 35.1 Å². The number of halogens is 5. The summed E-state index contributed by atoms with van der Waals surface area (Å²) in [6, 6.07) is 3.32. The number of likely N-dealkylation sites (tertiary alicyclic amines) is 1. The Bertz CT molecular complexity index is 593. The predicted molar refractivity (Wildman–Crippen MR) is 79.1 cm³/mol. The third-order valence-electron chi connectivity index (χ3n) is 4.34. The maximum absolute atomic E-state index is 14.1. The highest BCUT2D eigenvalue weighted by Crippen LogP contribution is 2.33. The molecule has 3 rings (SSSR count). The van der Waals surface area contributed by atoms with E-state index < -0.39 is 29.0 Å². The fourth-order valence-electron chi connectivity index (χ4n) is 3.21. The van der Waals surface area contributed by atoms with E-state index in [9.17, 15) is 22.4 Å². The number of nitrogens with zero attached hydrogens (tertiary/aromatic N) is 1. The molecule has 0 spiro atoms. The molecule has 2 unspecified atom stereocenters. The third-order valence-corrected chi connectivity index (χ3v) is 4.34. The van der Waals surface area contributed by atoms with E-state index in [0.717, 1.165) is 31.4 Å². The van der Waals surface area contributed by atoms with Gasteiger partial charge in [-0.1, -0.05) is 6.07 Å². The summed E-state index contributed by atoms with van der Waals surface area (Å²) in [5.74, 6) is -2.15. The van der Waals surface area contributed by atoms with Gasteiger partial charge in [0.25, 0.3) is 5.91 Å². The average Bonchev–Trinajstić information content (AvgIpc) is 2.76. The van der Waals surface area contributed by atoms with Crippen LogP contribution in [0.3, 0.4) is 0 Å². The van der Waals surface area contributed by atoms with Crippen LogP contribution in [0.25, 0.3) is 0 Å². The number of carbonyl (C=O) groups excluding carboxylic acids is 1. The molecule has 2 aliphatic rings. The first-order chi connectivity index (χ1) is 10.4. The van der Waals surface area contributed by atoms with Gasteiger partial charge in [-0.15, -0.1) is 12.4 Å². The molecule has 0 saturated carbocycles. The van der Waals surface area contributed by atoms with Gasteiger partial charge in [0.05, 0.1) is 11.1 Å². The van der Waals surface area contributed by atoms with Crippen molar-refractivity contribution in [2.24, 2.45) is 0 Å². The molecule has 23 heavy (non-hydrogen) atoms. The molecular formula is C15H17ClF4N2O. The Kier molecular flexibility index (Phi) is 5.20. The number of benzene rings is 1. The van der Waals surface area contributed by atoms with Crippen LogP contribution in [0.1, 0.15) is 35.2 Å². The number of rotatable bonds is 1. The highest BCUT2D eigenvalue weighted by atomic mass is 35.5. The van der Waals surface area contributed by atoms with E-state index in [-0.39, 0.29) is 18.4 Å². The maximum Gasteiger partial charge on any atom is 0.419 e. The maximum atomic E-state index is 14.1. The smallest absolute Gasteiger partial charge is 0.337 e. The Morgan fingerprint density at radius 3 is 2.57 bits per heavy atom. The van der Waals surface area contributed by atoms with Crippen LogP contribution in [0.2, 0.25) is 0 Å². The standard InChI is InChI=1S/C15H16F4N2O.ClH/c16-13-11(2-1-3-12(13)15(17,18)19)14(22)21-7-6-9-4-5-10(8-21)20-9;/h1-3,9-10,20H,4-8H2;1H. The highest BCUT2D eigenvalue weighted by Gasteiger charge is 2.37. The number of carbonyl (C=O) groups is 1. The molecule has 2 heterocycles. The van der Waals surface area contributed by atoms with Crippen LogP contribution in [-0.4, -0.2) is 36.0 Å². The lowest BCUT2D eigenvalue weighted by Crippen LogP contribution is -2.39. The van der Waals surface area contributed by atoms with Gasteiger partial charge in [0.2, 0.25) is 0 Å². The second-order valence-electron chi connectivity index (χ2n) is 5.84. The fraction of sp³-hybridized carbons (Fsp3) is 0.533. The van der Waals surface area contributed by atoms with E-state index in [1.807, 2.05) is 0 Å². The zero-order valence-corrected chi connectivity index (χ0v) is 13.0. The van der Waals surface area contributed by atoms with Crippen molar-refractivity contribution in [1.29, 1.82) is 0 Å². The summed E-state index contributed by atoms with van der Waals surface area (Å²) >= 11 is 0. The van der Waals surface area contributed by atoms with Crippen LogP contribution in [0.5, 0.6) is 0 Å². The number of hydrogen-bond donors (Lipinski definition) is 1. The molecular weight excluding hydrogens is 336 g/mol. The number of fused-ring (bicyclic) bond motifs is 2. The number of amides is 1. The molecule has 8 heteroatoms. The topological polar surface area (TPSA) is 32.3 Å². The zero-order valence-electron chi connectivity index (χ0n) is 12.2. The van der Waals surface area contributed by atoms with Gasteiger partial charge < -0.3 is 10.2 Å². The number of hydrogen-bond acceptors (Lipinski definition) is 2. The fourth-order valence-corrected chi connectivity index (χ4v) is 3.21. The Morgan fingerprint density at radius 2 is 1.87 bits per heavy atom. The zero-order chi connectivity index (χ0) is 15.9. The summed E-state index contributed by atoms with van der Waals surface area (Å²) in [5, 5.41) is 3.37. The highest BCUT2D eigenvalue weighted by molar-refractivity contribution is 5.94. The van der Waals surface area contributed by atoms with Crippen LogP contribution in [0.15, 0.2) is 18.2 Å². The van der Waals surface area contributed by atoms with E-state index in [1.54, 1.807) is 0 Å². The minimum Gasteiger partial charge on any atom is -0.337 e. The van der Waals surface area contributed by atoms with Crippen molar-refractivity contribution >= 4 is 18.3 Å². The lowest BCUT2D eigenvalue weighted by Gasteiger charge is -2.25. The van der Waals surface area contributed by atoms with E-state index >= 15 is 0 Å². The molecule has 3 nitrogen and oxygen atoms in total. The Morgan fingerprint density at radius 1 is 1.17 bits per heavy atom. The summed E-state index contributed by atoms with van der Waals surface area (Å²) < 4.78 is 52.3. The monoisotopic (exact) mass is 352 g/mol. The van der Waals surface area contributed by atoms with Crippen LogP contribution >= 0.6 is 12.4 Å². The van der Waals surface area contributed by atoms with Gasteiger partial charge in [0.1, 0.15) is 5.82 Å². The van der Waals surface area contributed by atoms with Crippen LogP contribution in [-0.2, 0) is 6.18 Å². The van der Waals surface area contributed by atoms with Crippen molar-refractivity contribution in [3.63, 3.8) is 0 Å². The lowest BCUT2D eigenvalue weighted by atomic mass is 10.1. The number of nitrogens with one attached hydrogen (secondary N) is 1. The summed E-state index contributed by atoms with van der Waals surface area (Å²) in [5.41, 5.74) is -1.90. The van der Waals surface area contributed by atoms with Gasteiger partial charge in [-0.2, -0.15) is 13.2 Å². The SMILES string of the molecule is Cl.O=C(c1cccc(C(F)(F)F)c1F)N1CCC2CCC(C1)N2. The van der Waals surface area contributed by atoms with Gasteiger partial charge in [0.15, 0.2) is 0 Å².